The van der Waals surface area contributed by atoms with Gasteiger partial charge in [-0.1, -0.05) is 129 Å². The molecular weight excluding hydrogens is 482 g/mol. The van der Waals surface area contributed by atoms with Gasteiger partial charge < -0.3 is 5.32 Å². The van der Waals surface area contributed by atoms with Gasteiger partial charge in [-0.05, 0) is 65.7 Å². The Kier molecular flexibility index (Phi) is 17.3. The SMILES string of the molecule is CCCCCCCCCCCCCCCCCCC(C(=O)OOC1CCCCC1)C1CC(C)(C)NC(C)(C)C1. The fourth-order valence-corrected chi connectivity index (χ4v) is 7.48. The van der Waals surface area contributed by atoms with E-state index < -0.39 is 0 Å². The Morgan fingerprint density at radius 2 is 1.13 bits per heavy atom. The lowest BCUT2D eigenvalue weighted by atomic mass is 9.69. The van der Waals surface area contributed by atoms with Gasteiger partial charge in [0.25, 0.3) is 0 Å². The Balaban J connectivity index is 1.63. The van der Waals surface area contributed by atoms with Gasteiger partial charge in [-0.2, -0.15) is 4.89 Å². The zero-order valence-electron chi connectivity index (χ0n) is 26.9. The first-order valence-corrected chi connectivity index (χ1v) is 17.4. The van der Waals surface area contributed by atoms with Crippen molar-refractivity contribution in [3.63, 3.8) is 0 Å². The van der Waals surface area contributed by atoms with Crippen LogP contribution in [-0.2, 0) is 14.6 Å². The van der Waals surface area contributed by atoms with Gasteiger partial charge >= 0.3 is 5.97 Å². The standard InChI is InChI=1S/C35H67NO3/c1-6-7-8-9-10-11-12-13-14-15-16-17-18-19-20-24-27-32(30-28-34(2,3)36-35(4,5)29-30)33(37)39-38-31-25-22-21-23-26-31/h30-32,36H,6-29H2,1-5H3. The van der Waals surface area contributed by atoms with Crippen molar-refractivity contribution in [2.24, 2.45) is 11.8 Å². The molecule has 0 radical (unpaired) electrons. The molecule has 230 valence electrons. The van der Waals surface area contributed by atoms with Gasteiger partial charge in [0, 0.05) is 11.1 Å². The van der Waals surface area contributed by atoms with Gasteiger partial charge in [-0.3, -0.25) is 4.89 Å². The van der Waals surface area contributed by atoms with Crippen LogP contribution in [0.5, 0.6) is 0 Å². The van der Waals surface area contributed by atoms with Crippen molar-refractivity contribution < 1.29 is 14.6 Å². The van der Waals surface area contributed by atoms with Crippen molar-refractivity contribution in [2.45, 2.75) is 206 Å². The Hall–Kier alpha value is -0.610. The van der Waals surface area contributed by atoms with E-state index in [0.717, 1.165) is 38.5 Å². The van der Waals surface area contributed by atoms with Gasteiger partial charge in [-0.15, -0.1) is 0 Å². The number of rotatable bonds is 21. The average Bonchev–Trinajstić information content (AvgIpc) is 2.88. The maximum Gasteiger partial charge on any atom is 0.345 e. The van der Waals surface area contributed by atoms with Crippen molar-refractivity contribution >= 4 is 5.97 Å². The summed E-state index contributed by atoms with van der Waals surface area (Å²) >= 11 is 0. The second-order valence-electron chi connectivity index (χ2n) is 14.5. The monoisotopic (exact) mass is 550 g/mol. The highest BCUT2D eigenvalue weighted by atomic mass is 17.2. The van der Waals surface area contributed by atoms with Crippen LogP contribution in [0.15, 0.2) is 0 Å². The van der Waals surface area contributed by atoms with Gasteiger partial charge in [0.15, 0.2) is 0 Å². The molecule has 0 aromatic heterocycles. The Labute approximate surface area is 243 Å². The molecule has 1 N–H and O–H groups in total. The van der Waals surface area contributed by atoms with E-state index in [1.165, 1.54) is 116 Å². The lowest BCUT2D eigenvalue weighted by Crippen LogP contribution is -2.59. The number of carbonyl (C=O) groups excluding carboxylic acids is 1. The summed E-state index contributed by atoms with van der Waals surface area (Å²) in [5.74, 6) is 0.177. The van der Waals surface area contributed by atoms with Crippen molar-refractivity contribution in [1.82, 2.24) is 5.32 Å². The minimum absolute atomic E-state index is 0.0316. The molecule has 1 atom stereocenters. The van der Waals surface area contributed by atoms with Gasteiger partial charge in [0.05, 0.1) is 5.92 Å². The third kappa shape index (κ3) is 15.8. The minimum atomic E-state index is -0.111. The predicted molar refractivity (Wildman–Crippen MR) is 166 cm³/mol. The number of carbonyl (C=O) groups is 1. The summed E-state index contributed by atoms with van der Waals surface area (Å²) in [5, 5.41) is 3.78. The van der Waals surface area contributed by atoms with E-state index in [1.54, 1.807) is 0 Å². The zero-order valence-corrected chi connectivity index (χ0v) is 26.9. The summed E-state index contributed by atoms with van der Waals surface area (Å²) in [7, 11) is 0. The average molecular weight is 550 g/mol. The lowest BCUT2D eigenvalue weighted by Gasteiger charge is -2.48. The summed E-state index contributed by atoms with van der Waals surface area (Å²) in [4.78, 5) is 24.6. The first-order chi connectivity index (χ1) is 18.7. The van der Waals surface area contributed by atoms with E-state index in [-0.39, 0.29) is 29.1 Å². The number of unbranched alkanes of at least 4 members (excludes halogenated alkanes) is 15. The van der Waals surface area contributed by atoms with Crippen molar-refractivity contribution in [3.8, 4) is 0 Å². The van der Waals surface area contributed by atoms with Crippen LogP contribution < -0.4 is 5.32 Å². The molecule has 39 heavy (non-hydrogen) atoms. The molecule has 1 saturated heterocycles. The fraction of sp³-hybridized carbons (Fsp3) is 0.971. The third-order valence-electron chi connectivity index (χ3n) is 9.28. The fourth-order valence-electron chi connectivity index (χ4n) is 7.48. The van der Waals surface area contributed by atoms with Crippen LogP contribution >= 0.6 is 0 Å². The summed E-state index contributed by atoms with van der Waals surface area (Å²) in [6.07, 6.45) is 30.7. The quantitative estimate of drug-likeness (QED) is 0.0878. The van der Waals surface area contributed by atoms with Crippen LogP contribution in [0, 0.1) is 11.8 Å². The number of piperidine rings is 1. The summed E-state index contributed by atoms with van der Waals surface area (Å²) < 4.78 is 0. The first kappa shape index (κ1) is 34.6. The normalized spacial score (nSPS) is 20.6. The second kappa shape index (κ2) is 19.5. The molecule has 4 heteroatoms. The molecule has 0 amide bonds. The maximum absolute atomic E-state index is 13.3. The molecule has 1 unspecified atom stereocenters. The third-order valence-corrected chi connectivity index (χ3v) is 9.28. The predicted octanol–water partition coefficient (Wildman–Crippen LogP) is 10.6. The largest absolute Gasteiger partial charge is 0.345 e. The van der Waals surface area contributed by atoms with E-state index in [4.69, 9.17) is 9.78 Å². The summed E-state index contributed by atoms with van der Waals surface area (Å²) in [6.45, 7) is 11.4. The highest BCUT2D eigenvalue weighted by Gasteiger charge is 2.43. The van der Waals surface area contributed by atoms with Gasteiger partial charge in [0.1, 0.15) is 6.10 Å². The highest BCUT2D eigenvalue weighted by molar-refractivity contribution is 5.72. The van der Waals surface area contributed by atoms with E-state index >= 15 is 0 Å². The van der Waals surface area contributed by atoms with E-state index in [2.05, 4.69) is 39.9 Å². The Morgan fingerprint density at radius 1 is 0.692 bits per heavy atom. The molecular formula is C35H67NO3. The van der Waals surface area contributed by atoms with Crippen LogP contribution in [0.2, 0.25) is 0 Å². The molecule has 1 aliphatic heterocycles. The van der Waals surface area contributed by atoms with Crippen LogP contribution in [0.25, 0.3) is 0 Å². The molecule has 4 nitrogen and oxygen atoms in total. The Bertz CT molecular complexity index is 609. The van der Waals surface area contributed by atoms with Gasteiger partial charge in [-0.25, -0.2) is 4.79 Å². The minimum Gasteiger partial charge on any atom is -0.307 e. The number of hydrogen-bond acceptors (Lipinski definition) is 4. The van der Waals surface area contributed by atoms with Crippen molar-refractivity contribution in [3.05, 3.63) is 0 Å². The number of nitrogens with one attached hydrogen (secondary N) is 1. The highest BCUT2D eigenvalue weighted by Crippen LogP contribution is 2.39. The van der Waals surface area contributed by atoms with E-state index in [1.807, 2.05) is 0 Å². The summed E-state index contributed by atoms with van der Waals surface area (Å²) in [6, 6.07) is 0. The molecule has 2 fully saturated rings. The lowest BCUT2D eigenvalue weighted by molar-refractivity contribution is -0.306. The molecule has 0 aromatic rings. The smallest absolute Gasteiger partial charge is 0.307 e. The zero-order chi connectivity index (χ0) is 28.4. The van der Waals surface area contributed by atoms with Crippen LogP contribution in [0.4, 0.5) is 0 Å². The van der Waals surface area contributed by atoms with Crippen molar-refractivity contribution in [1.29, 1.82) is 0 Å². The second-order valence-corrected chi connectivity index (χ2v) is 14.5. The number of hydrogen-bond donors (Lipinski definition) is 1. The van der Waals surface area contributed by atoms with Crippen LogP contribution in [0.3, 0.4) is 0 Å². The molecule has 2 rings (SSSR count). The van der Waals surface area contributed by atoms with E-state index in [0.29, 0.717) is 5.92 Å². The van der Waals surface area contributed by atoms with Gasteiger partial charge in [0.2, 0.25) is 0 Å². The van der Waals surface area contributed by atoms with E-state index in [9.17, 15) is 4.79 Å². The van der Waals surface area contributed by atoms with Crippen LogP contribution in [-0.4, -0.2) is 23.2 Å². The molecule has 1 aliphatic carbocycles. The molecule has 0 bridgehead atoms. The van der Waals surface area contributed by atoms with Crippen molar-refractivity contribution in [2.75, 3.05) is 0 Å². The Morgan fingerprint density at radius 3 is 1.59 bits per heavy atom. The molecule has 1 heterocycles. The molecule has 0 spiro atoms. The summed E-state index contributed by atoms with van der Waals surface area (Å²) in [5.41, 5.74) is 0.0631. The maximum atomic E-state index is 13.3. The molecule has 2 aliphatic rings. The molecule has 1 saturated carbocycles. The first-order valence-electron chi connectivity index (χ1n) is 17.4. The topological polar surface area (TPSA) is 47.6 Å². The van der Waals surface area contributed by atoms with Crippen LogP contribution in [0.1, 0.15) is 189 Å². The molecule has 0 aromatic carbocycles.